The van der Waals surface area contributed by atoms with Gasteiger partial charge in [0.2, 0.25) is 35.4 Å². The molecule has 1 aromatic rings. The normalized spacial score (nSPS) is 14.7. The summed E-state index contributed by atoms with van der Waals surface area (Å²) in [6.07, 6.45) is -1.67. The molecule has 55 heavy (non-hydrogen) atoms. The number of carbonyl (C=O) groups excluding carboxylic acids is 6. The Labute approximate surface area is 317 Å². The van der Waals surface area contributed by atoms with E-state index in [0.29, 0.717) is 5.56 Å². The van der Waals surface area contributed by atoms with E-state index >= 15 is 0 Å². The number of primary amides is 1. The van der Waals surface area contributed by atoms with E-state index in [1.54, 1.807) is 27.7 Å². The molecular weight excluding hydrogens is 749 g/mol. The molecule has 308 valence electrons. The monoisotopic (exact) mass is 801 g/mol. The van der Waals surface area contributed by atoms with Crippen LogP contribution >= 0.6 is 7.82 Å². The fraction of sp³-hybridized carbons (Fsp3) is 0.576. The van der Waals surface area contributed by atoms with Gasteiger partial charge < -0.3 is 52.8 Å². The van der Waals surface area contributed by atoms with Gasteiger partial charge in [-0.2, -0.15) is 0 Å². The van der Waals surface area contributed by atoms with E-state index in [0.717, 1.165) is 0 Å². The SMILES string of the molecule is CC(C)C[C@H](NC(=O)[C@@H](NC(=O)[C@H](C)NC(=O)[C@H](Cc1ccc(OP(=O)(O)O)cc1)NC(=O)[C@H](CCC(=O)O)NC(=O)[C@@H](N)CCC(N)=O)C(C)C)C(=O)O. The predicted octanol–water partition coefficient (Wildman–Crippen LogP) is -1.61. The van der Waals surface area contributed by atoms with E-state index < -0.39 is 110 Å². The average molecular weight is 802 g/mol. The number of amides is 6. The van der Waals surface area contributed by atoms with Crippen molar-refractivity contribution in [3.63, 3.8) is 0 Å². The van der Waals surface area contributed by atoms with E-state index in [4.69, 9.17) is 21.3 Å². The molecule has 6 amide bonds. The third kappa shape index (κ3) is 18.7. The van der Waals surface area contributed by atoms with Gasteiger partial charge in [0.15, 0.2) is 0 Å². The number of carboxylic acid groups (broad SMARTS) is 2. The Morgan fingerprint density at radius 1 is 0.709 bits per heavy atom. The summed E-state index contributed by atoms with van der Waals surface area (Å²) in [5, 5.41) is 30.9. The second kappa shape index (κ2) is 22.3. The largest absolute Gasteiger partial charge is 0.524 e. The Morgan fingerprint density at radius 3 is 1.75 bits per heavy atom. The molecule has 13 N–H and O–H groups in total. The smallest absolute Gasteiger partial charge is 0.481 e. The van der Waals surface area contributed by atoms with Crippen molar-refractivity contribution in [1.82, 2.24) is 26.6 Å². The molecule has 0 heterocycles. The highest BCUT2D eigenvalue weighted by Crippen LogP contribution is 2.37. The summed E-state index contributed by atoms with van der Waals surface area (Å²) in [6, 6.07) is -3.16. The average Bonchev–Trinajstić information content (AvgIpc) is 3.06. The van der Waals surface area contributed by atoms with Crippen molar-refractivity contribution in [3.05, 3.63) is 29.8 Å². The Morgan fingerprint density at radius 2 is 1.25 bits per heavy atom. The minimum Gasteiger partial charge on any atom is -0.481 e. The number of nitrogens with two attached hydrogens (primary N) is 2. The highest BCUT2D eigenvalue weighted by molar-refractivity contribution is 7.46. The maximum Gasteiger partial charge on any atom is 0.524 e. The summed E-state index contributed by atoms with van der Waals surface area (Å²) in [6.45, 7) is 8.04. The van der Waals surface area contributed by atoms with Crippen LogP contribution in [0.5, 0.6) is 5.75 Å². The van der Waals surface area contributed by atoms with Crippen molar-refractivity contribution in [1.29, 1.82) is 0 Å². The number of hydrogen-bond donors (Lipinski definition) is 11. The molecular formula is C33H52N7O14P. The van der Waals surface area contributed by atoms with Crippen molar-refractivity contribution in [2.45, 2.75) is 109 Å². The van der Waals surface area contributed by atoms with Crippen LogP contribution in [0.15, 0.2) is 24.3 Å². The molecule has 0 aliphatic heterocycles. The van der Waals surface area contributed by atoms with Gasteiger partial charge in [-0.25, -0.2) is 9.36 Å². The topological polar surface area (TPSA) is 356 Å². The van der Waals surface area contributed by atoms with Crippen LogP contribution in [0, 0.1) is 11.8 Å². The van der Waals surface area contributed by atoms with Crippen LogP contribution in [0.25, 0.3) is 0 Å². The number of carbonyl (C=O) groups is 8. The lowest BCUT2D eigenvalue weighted by molar-refractivity contribution is -0.143. The van der Waals surface area contributed by atoms with Crippen molar-refractivity contribution in [3.8, 4) is 5.75 Å². The number of phosphoric acid groups is 1. The highest BCUT2D eigenvalue weighted by Gasteiger charge is 2.33. The molecule has 0 spiro atoms. The predicted molar refractivity (Wildman–Crippen MR) is 193 cm³/mol. The molecule has 1 aromatic carbocycles. The lowest BCUT2D eigenvalue weighted by atomic mass is 10.00. The number of benzene rings is 1. The van der Waals surface area contributed by atoms with Gasteiger partial charge in [-0.05, 0) is 55.7 Å². The summed E-state index contributed by atoms with van der Waals surface area (Å²) in [5.74, 6) is -8.65. The van der Waals surface area contributed by atoms with Gasteiger partial charge in [0.25, 0.3) is 0 Å². The van der Waals surface area contributed by atoms with E-state index in [9.17, 15) is 53.1 Å². The van der Waals surface area contributed by atoms with Crippen LogP contribution in [0.2, 0.25) is 0 Å². The zero-order valence-corrected chi connectivity index (χ0v) is 32.0. The zero-order valence-electron chi connectivity index (χ0n) is 31.1. The van der Waals surface area contributed by atoms with Crippen LogP contribution in [0.4, 0.5) is 0 Å². The maximum absolute atomic E-state index is 13.7. The molecule has 0 aromatic heterocycles. The van der Waals surface area contributed by atoms with Gasteiger partial charge in [-0.15, -0.1) is 0 Å². The molecule has 0 saturated carbocycles. The number of aliphatic carboxylic acids is 2. The van der Waals surface area contributed by atoms with Crippen molar-refractivity contribution >= 4 is 55.2 Å². The number of carboxylic acids is 2. The lowest BCUT2D eigenvalue weighted by Gasteiger charge is -2.27. The quantitative estimate of drug-likeness (QED) is 0.0524. The van der Waals surface area contributed by atoms with E-state index in [-0.39, 0.29) is 37.4 Å². The van der Waals surface area contributed by atoms with Crippen LogP contribution in [0.1, 0.15) is 72.3 Å². The Kier molecular flexibility index (Phi) is 19.4. The van der Waals surface area contributed by atoms with Crippen LogP contribution in [-0.2, 0) is 49.3 Å². The van der Waals surface area contributed by atoms with E-state index in [2.05, 4.69) is 31.1 Å². The number of phosphoric ester groups is 1. The minimum atomic E-state index is -4.90. The molecule has 0 saturated heterocycles. The fourth-order valence-corrected chi connectivity index (χ4v) is 5.33. The van der Waals surface area contributed by atoms with Crippen LogP contribution in [0.3, 0.4) is 0 Å². The minimum absolute atomic E-state index is 0.0715. The Bertz CT molecular complexity index is 1580. The van der Waals surface area contributed by atoms with Gasteiger partial charge in [0.1, 0.15) is 36.0 Å². The first-order valence-electron chi connectivity index (χ1n) is 17.2. The molecule has 0 unspecified atom stereocenters. The maximum atomic E-state index is 13.7. The molecule has 6 atom stereocenters. The zero-order chi connectivity index (χ0) is 42.2. The second-order valence-corrected chi connectivity index (χ2v) is 14.7. The molecule has 0 radical (unpaired) electrons. The van der Waals surface area contributed by atoms with Crippen LogP contribution < -0.4 is 42.6 Å². The number of hydrogen-bond acceptors (Lipinski definition) is 11. The third-order valence-electron chi connectivity index (χ3n) is 7.86. The van der Waals surface area contributed by atoms with Gasteiger partial charge in [-0.3, -0.25) is 43.3 Å². The highest BCUT2D eigenvalue weighted by atomic mass is 31.2. The molecule has 0 aliphatic rings. The summed E-state index contributed by atoms with van der Waals surface area (Å²) < 4.78 is 15.8. The Hall–Kier alpha value is -5.11. The van der Waals surface area contributed by atoms with E-state index in [1.807, 2.05) is 0 Å². The van der Waals surface area contributed by atoms with Crippen molar-refractivity contribution in [2.24, 2.45) is 23.3 Å². The molecule has 21 nitrogen and oxygen atoms in total. The van der Waals surface area contributed by atoms with Crippen LogP contribution in [-0.4, -0.2) is 104 Å². The summed E-state index contributed by atoms with van der Waals surface area (Å²) >= 11 is 0. The van der Waals surface area contributed by atoms with Gasteiger partial charge in [0, 0.05) is 19.3 Å². The van der Waals surface area contributed by atoms with Gasteiger partial charge in [0.05, 0.1) is 6.04 Å². The molecule has 1 rings (SSSR count). The van der Waals surface area contributed by atoms with Gasteiger partial charge >= 0.3 is 19.8 Å². The standard InChI is InChI=1S/C33H52N7O14P/c1-16(2)14-24(33(49)50)39-32(48)27(17(3)4)40-28(44)18(5)36-31(47)23(15-19-6-8-20(9-7-19)54-55(51,52)53)38-30(46)22(11-13-26(42)43)37-29(45)21(34)10-12-25(35)41/h6-9,16-18,21-24,27H,10-15,34H2,1-5H3,(H2,35,41)(H,36,47)(H,37,45)(H,38,46)(H,39,48)(H,40,44)(H,42,43)(H,49,50)(H2,51,52,53)/t18-,21-,22-,23-,24-,27-/m0/s1. The molecule has 0 bridgehead atoms. The van der Waals surface area contributed by atoms with E-state index in [1.165, 1.54) is 31.2 Å². The number of nitrogens with one attached hydrogen (secondary N) is 5. The summed E-state index contributed by atoms with van der Waals surface area (Å²) in [7, 11) is -4.90. The van der Waals surface area contributed by atoms with Gasteiger partial charge in [-0.1, -0.05) is 39.8 Å². The summed E-state index contributed by atoms with van der Waals surface area (Å²) in [5.41, 5.74) is 11.2. The molecule has 0 aliphatic carbocycles. The first kappa shape index (κ1) is 47.9. The lowest BCUT2D eigenvalue weighted by Crippen LogP contribution is -2.59. The second-order valence-electron chi connectivity index (χ2n) is 13.6. The first-order chi connectivity index (χ1) is 25.4. The third-order valence-corrected chi connectivity index (χ3v) is 8.31. The van der Waals surface area contributed by atoms with Crippen molar-refractivity contribution in [2.75, 3.05) is 0 Å². The molecule has 0 fully saturated rings. The first-order valence-corrected chi connectivity index (χ1v) is 18.8. The fourth-order valence-electron chi connectivity index (χ4n) is 4.93. The molecule has 22 heteroatoms. The summed E-state index contributed by atoms with van der Waals surface area (Å²) in [4.78, 5) is 119. The Balaban J connectivity index is 3.34. The van der Waals surface area contributed by atoms with Crippen molar-refractivity contribution < 1.29 is 67.4 Å². The number of rotatable bonds is 24.